The average Bonchev–Trinajstić information content (AvgIpc) is 2.65. The van der Waals surface area contributed by atoms with E-state index in [0.29, 0.717) is 10.5 Å². The lowest BCUT2D eigenvalue weighted by Crippen LogP contribution is -2.31. The molecule has 0 amide bonds. The van der Waals surface area contributed by atoms with E-state index < -0.39 is 31.4 Å². The van der Waals surface area contributed by atoms with Crippen LogP contribution < -0.4 is 4.13 Å². The van der Waals surface area contributed by atoms with Gasteiger partial charge >= 0.3 is 0 Å². The van der Waals surface area contributed by atoms with Gasteiger partial charge in [0.1, 0.15) is 0 Å². The van der Waals surface area contributed by atoms with Crippen molar-refractivity contribution in [3.05, 3.63) is 64.2 Å². The highest BCUT2D eigenvalue weighted by atomic mass is 32.3. The van der Waals surface area contributed by atoms with Crippen molar-refractivity contribution in [3.63, 3.8) is 0 Å². The number of hydrogen-bond donors (Lipinski definition) is 1. The molecule has 1 unspecified atom stereocenters. The number of nitro groups is 1. The highest BCUT2D eigenvalue weighted by molar-refractivity contribution is 8.02. The number of nitrogens with zero attached hydrogens (tertiary/aromatic N) is 3. The van der Waals surface area contributed by atoms with Gasteiger partial charge in [0.15, 0.2) is 0 Å². The lowest BCUT2D eigenvalue weighted by Gasteiger charge is -2.30. The molecule has 2 aromatic carbocycles. The Morgan fingerprint density at radius 2 is 1.61 bits per heavy atom. The van der Waals surface area contributed by atoms with Gasteiger partial charge in [-0.2, -0.15) is 5.26 Å². The number of hydrogen-bond acceptors (Lipinski definition) is 6. The lowest BCUT2D eigenvalue weighted by molar-refractivity contribution is -0.384. The molecule has 31 heavy (non-hydrogen) atoms. The molecule has 0 fully saturated rings. The molecule has 0 aliphatic heterocycles. The van der Waals surface area contributed by atoms with Crippen molar-refractivity contribution >= 4 is 26.6 Å². The standard InChI is InChI=1S/C21H26N4O4S2/c1-20(2,3)15-21(4,5)23-30(18-10-6-16(14-22)7-11-18)24-31(28,29)19-12-8-17(9-13-19)25(26)27/h6-13H,15H2,1-5H3,(H,23,24). The Morgan fingerprint density at radius 1 is 1.06 bits per heavy atom. The number of nitro benzene ring substituents is 1. The lowest BCUT2D eigenvalue weighted by atomic mass is 9.82. The minimum atomic E-state index is -4.00. The zero-order valence-electron chi connectivity index (χ0n) is 18.1. The third-order valence-electron chi connectivity index (χ3n) is 4.05. The van der Waals surface area contributed by atoms with E-state index in [1.807, 2.05) is 19.9 Å². The highest BCUT2D eigenvalue weighted by Crippen LogP contribution is 2.31. The third kappa shape index (κ3) is 7.24. The Labute approximate surface area is 185 Å². The molecule has 0 heterocycles. The molecule has 166 valence electrons. The molecule has 0 spiro atoms. The summed E-state index contributed by atoms with van der Waals surface area (Å²) in [5.41, 5.74) is -0.294. The van der Waals surface area contributed by atoms with Crippen molar-refractivity contribution in [1.29, 1.82) is 5.26 Å². The van der Waals surface area contributed by atoms with Gasteiger partial charge in [0.2, 0.25) is 0 Å². The quantitative estimate of drug-likeness (QED) is 0.470. The third-order valence-corrected chi connectivity index (χ3v) is 7.85. The normalized spacial score (nSPS) is 13.5. The smallest absolute Gasteiger partial charge is 0.258 e. The first-order chi connectivity index (χ1) is 14.2. The largest absolute Gasteiger partial charge is 0.269 e. The van der Waals surface area contributed by atoms with Crippen molar-refractivity contribution in [2.45, 2.75) is 56.4 Å². The minimum Gasteiger partial charge on any atom is -0.258 e. The predicted molar refractivity (Wildman–Crippen MR) is 121 cm³/mol. The van der Waals surface area contributed by atoms with Crippen LogP contribution in [0.25, 0.3) is 0 Å². The molecule has 0 saturated heterocycles. The SMILES string of the molecule is CC(C)(C)CC(C)(C)N=S(NS(=O)(=O)c1ccc([N+](=O)[O-])cc1)c1ccc(C#N)cc1. The highest BCUT2D eigenvalue weighted by Gasteiger charge is 2.27. The topological polar surface area (TPSA) is 125 Å². The Bertz CT molecular complexity index is 1130. The number of nitrogens with one attached hydrogen (secondary N) is 1. The van der Waals surface area contributed by atoms with Crippen molar-refractivity contribution in [1.82, 2.24) is 4.13 Å². The van der Waals surface area contributed by atoms with Crippen LogP contribution in [0, 0.1) is 26.9 Å². The number of benzene rings is 2. The van der Waals surface area contributed by atoms with Gasteiger partial charge in [-0.3, -0.25) is 10.1 Å². The fraction of sp³-hybridized carbons (Fsp3) is 0.381. The van der Waals surface area contributed by atoms with E-state index in [1.165, 1.54) is 12.1 Å². The summed E-state index contributed by atoms with van der Waals surface area (Å²) in [6.45, 7) is 10.2. The number of sulfonamides is 1. The fourth-order valence-corrected chi connectivity index (χ4v) is 6.56. The van der Waals surface area contributed by atoms with Crippen LogP contribution in [0.15, 0.2) is 62.7 Å². The van der Waals surface area contributed by atoms with E-state index in [-0.39, 0.29) is 16.0 Å². The van der Waals surface area contributed by atoms with Crippen molar-refractivity contribution < 1.29 is 13.3 Å². The van der Waals surface area contributed by atoms with Gasteiger partial charge in [-0.25, -0.2) is 12.8 Å². The van der Waals surface area contributed by atoms with E-state index in [0.717, 1.165) is 18.6 Å². The molecular weight excluding hydrogens is 436 g/mol. The summed E-state index contributed by atoms with van der Waals surface area (Å²) in [7, 11) is -5.24. The van der Waals surface area contributed by atoms with Gasteiger partial charge in [-0.05, 0) is 62.1 Å². The molecule has 0 radical (unpaired) electrons. The molecule has 2 rings (SSSR count). The molecule has 0 saturated carbocycles. The molecule has 1 N–H and O–H groups in total. The molecule has 8 nitrogen and oxygen atoms in total. The Kier molecular flexibility index (Phi) is 7.36. The Balaban J connectivity index is 2.50. The van der Waals surface area contributed by atoms with Crippen molar-refractivity contribution in [2.24, 2.45) is 9.78 Å². The van der Waals surface area contributed by atoms with E-state index in [2.05, 4.69) is 24.9 Å². The van der Waals surface area contributed by atoms with Crippen LogP contribution in [0.3, 0.4) is 0 Å². The summed E-state index contributed by atoms with van der Waals surface area (Å²) >= 11 is 0. The summed E-state index contributed by atoms with van der Waals surface area (Å²) in [4.78, 5) is 10.8. The van der Waals surface area contributed by atoms with Crippen LogP contribution in [-0.2, 0) is 20.9 Å². The summed E-state index contributed by atoms with van der Waals surface area (Å²) in [5, 5.41) is 19.9. The molecule has 0 bridgehead atoms. The molecular formula is C21H26N4O4S2. The van der Waals surface area contributed by atoms with Crippen molar-refractivity contribution in [3.8, 4) is 6.07 Å². The van der Waals surface area contributed by atoms with Gasteiger partial charge in [0.05, 0.1) is 27.0 Å². The number of rotatable bonds is 7. The molecule has 0 aliphatic carbocycles. The number of non-ortho nitro benzene ring substituents is 1. The molecule has 0 aromatic heterocycles. The Hall–Kier alpha value is -2.61. The van der Waals surface area contributed by atoms with Crippen LogP contribution >= 0.6 is 0 Å². The zero-order chi connectivity index (χ0) is 23.4. The maximum atomic E-state index is 13.0. The number of nitriles is 1. The monoisotopic (exact) mass is 462 g/mol. The van der Waals surface area contributed by atoms with E-state index in [1.54, 1.807) is 24.3 Å². The first-order valence-electron chi connectivity index (χ1n) is 9.47. The molecule has 10 heteroatoms. The summed E-state index contributed by atoms with van der Waals surface area (Å²) in [6, 6.07) is 13.3. The van der Waals surface area contributed by atoms with Gasteiger partial charge in [0.25, 0.3) is 15.7 Å². The maximum Gasteiger partial charge on any atom is 0.269 e. The second kappa shape index (κ2) is 9.26. The maximum absolute atomic E-state index is 13.0. The van der Waals surface area contributed by atoms with Crippen LogP contribution in [-0.4, -0.2) is 18.9 Å². The van der Waals surface area contributed by atoms with Crippen LogP contribution in [0.4, 0.5) is 5.69 Å². The van der Waals surface area contributed by atoms with E-state index in [4.69, 9.17) is 9.62 Å². The van der Waals surface area contributed by atoms with Crippen LogP contribution in [0.5, 0.6) is 0 Å². The Morgan fingerprint density at radius 3 is 2.06 bits per heavy atom. The molecule has 2 aromatic rings. The van der Waals surface area contributed by atoms with Gasteiger partial charge < -0.3 is 0 Å². The van der Waals surface area contributed by atoms with Crippen LogP contribution in [0.1, 0.15) is 46.6 Å². The predicted octanol–water partition coefficient (Wildman–Crippen LogP) is 4.74. The summed E-state index contributed by atoms with van der Waals surface area (Å²) in [6.07, 6.45) is 0.721. The van der Waals surface area contributed by atoms with Gasteiger partial charge in [-0.15, -0.1) is 4.13 Å². The average molecular weight is 463 g/mol. The molecule has 1 atom stereocenters. The summed E-state index contributed by atoms with van der Waals surface area (Å²) in [5.74, 6) is 0. The summed E-state index contributed by atoms with van der Waals surface area (Å²) < 4.78 is 33.5. The second-order valence-corrected chi connectivity index (χ2v) is 12.3. The fourth-order valence-electron chi connectivity index (χ4n) is 3.25. The second-order valence-electron chi connectivity index (χ2n) is 8.90. The molecule has 0 aliphatic rings. The van der Waals surface area contributed by atoms with Crippen molar-refractivity contribution in [2.75, 3.05) is 0 Å². The first kappa shape index (κ1) is 24.7. The van der Waals surface area contributed by atoms with Gasteiger partial charge in [-0.1, -0.05) is 20.8 Å². The van der Waals surface area contributed by atoms with Gasteiger partial charge in [0, 0.05) is 27.9 Å². The van der Waals surface area contributed by atoms with E-state index >= 15 is 0 Å². The first-order valence-corrected chi connectivity index (χ1v) is 12.1. The van der Waals surface area contributed by atoms with E-state index in [9.17, 15) is 18.5 Å². The minimum absolute atomic E-state index is 0.0239. The van der Waals surface area contributed by atoms with Crippen LogP contribution in [0.2, 0.25) is 0 Å². The zero-order valence-corrected chi connectivity index (χ0v) is 19.8.